The minimum atomic E-state index is -0.284. The molecule has 0 fully saturated rings. The number of hydrogen-bond donors (Lipinski definition) is 1. The van der Waals surface area contributed by atoms with E-state index in [0.717, 1.165) is 16.8 Å². The van der Waals surface area contributed by atoms with Gasteiger partial charge in [0.1, 0.15) is 11.6 Å². The number of halogens is 2. The lowest BCUT2D eigenvalue weighted by Gasteiger charge is -2.07. The maximum absolute atomic E-state index is 13.3. The molecular formula is C13H15BrFN3. The second kappa shape index (κ2) is 4.72. The fourth-order valence-electron chi connectivity index (χ4n) is 1.98. The Labute approximate surface area is 114 Å². The van der Waals surface area contributed by atoms with Crippen LogP contribution in [-0.4, -0.2) is 9.78 Å². The number of nitrogens with two attached hydrogens (primary N) is 1. The zero-order valence-electron chi connectivity index (χ0n) is 10.5. The zero-order chi connectivity index (χ0) is 13.4. The lowest BCUT2D eigenvalue weighted by Crippen LogP contribution is -2.00. The molecule has 0 aliphatic heterocycles. The molecule has 0 radical (unpaired) electrons. The maximum Gasteiger partial charge on any atom is 0.137 e. The van der Waals surface area contributed by atoms with E-state index in [1.165, 1.54) is 6.07 Å². The predicted octanol–water partition coefficient (Wildman–Crippen LogP) is 3.69. The first-order valence-corrected chi connectivity index (χ1v) is 6.49. The number of rotatable bonds is 2. The summed E-state index contributed by atoms with van der Waals surface area (Å²) in [6.07, 6.45) is 0. The number of aryl methyl sites for hydroxylation is 1. The van der Waals surface area contributed by atoms with Crippen LogP contribution in [0, 0.1) is 5.82 Å². The summed E-state index contributed by atoms with van der Waals surface area (Å²) in [6, 6.07) is 4.87. The van der Waals surface area contributed by atoms with Crippen molar-refractivity contribution in [2.45, 2.75) is 19.8 Å². The predicted molar refractivity (Wildman–Crippen MR) is 74.8 cm³/mol. The van der Waals surface area contributed by atoms with Gasteiger partial charge in [-0.25, -0.2) is 4.39 Å². The van der Waals surface area contributed by atoms with E-state index in [1.807, 2.05) is 7.05 Å². The molecule has 96 valence electrons. The number of nitrogens with zero attached hydrogens (tertiary/aromatic N) is 2. The van der Waals surface area contributed by atoms with Crippen molar-refractivity contribution in [2.24, 2.45) is 7.05 Å². The highest BCUT2D eigenvalue weighted by Gasteiger charge is 2.18. The summed E-state index contributed by atoms with van der Waals surface area (Å²) in [5, 5.41) is 4.42. The molecule has 2 N–H and O–H groups in total. The van der Waals surface area contributed by atoms with Crippen LogP contribution in [0.25, 0.3) is 11.3 Å². The summed E-state index contributed by atoms with van der Waals surface area (Å²) in [5.41, 5.74) is 8.69. The van der Waals surface area contributed by atoms with Gasteiger partial charge in [0.2, 0.25) is 0 Å². The van der Waals surface area contributed by atoms with Crippen molar-refractivity contribution in [1.82, 2.24) is 9.78 Å². The van der Waals surface area contributed by atoms with E-state index in [1.54, 1.807) is 16.8 Å². The van der Waals surface area contributed by atoms with E-state index in [0.29, 0.717) is 10.3 Å². The number of aromatic nitrogens is 2. The Morgan fingerprint density at radius 2 is 2.06 bits per heavy atom. The van der Waals surface area contributed by atoms with E-state index in [2.05, 4.69) is 34.9 Å². The van der Waals surface area contributed by atoms with E-state index < -0.39 is 0 Å². The Hall–Kier alpha value is -1.36. The first-order valence-electron chi connectivity index (χ1n) is 5.69. The number of anilines is 1. The van der Waals surface area contributed by atoms with Crippen LogP contribution in [0.1, 0.15) is 25.3 Å². The first-order chi connectivity index (χ1) is 8.41. The summed E-state index contributed by atoms with van der Waals surface area (Å²) in [4.78, 5) is 0. The summed E-state index contributed by atoms with van der Waals surface area (Å²) < 4.78 is 15.3. The number of benzene rings is 1. The van der Waals surface area contributed by atoms with Gasteiger partial charge in [-0.3, -0.25) is 4.68 Å². The molecule has 0 atom stereocenters. The average Bonchev–Trinajstić information content (AvgIpc) is 2.59. The molecule has 3 nitrogen and oxygen atoms in total. The van der Waals surface area contributed by atoms with Gasteiger partial charge in [0.25, 0.3) is 0 Å². The van der Waals surface area contributed by atoms with E-state index in [4.69, 9.17) is 5.73 Å². The second-order valence-electron chi connectivity index (χ2n) is 4.55. The van der Waals surface area contributed by atoms with Crippen molar-refractivity contribution in [2.75, 3.05) is 5.73 Å². The lowest BCUT2D eigenvalue weighted by molar-refractivity contribution is 0.621. The Morgan fingerprint density at radius 3 is 2.61 bits per heavy atom. The van der Waals surface area contributed by atoms with Gasteiger partial charge in [-0.05, 0) is 40.0 Å². The van der Waals surface area contributed by atoms with Crippen LogP contribution in [-0.2, 0) is 7.05 Å². The third-order valence-electron chi connectivity index (χ3n) is 2.90. The molecule has 0 saturated heterocycles. The highest BCUT2D eigenvalue weighted by Crippen LogP contribution is 2.34. The van der Waals surface area contributed by atoms with Crippen molar-refractivity contribution >= 4 is 21.7 Å². The summed E-state index contributed by atoms with van der Waals surface area (Å²) in [5.74, 6) is 0.631. The zero-order valence-corrected chi connectivity index (χ0v) is 12.1. The molecule has 1 aromatic carbocycles. The molecule has 0 saturated carbocycles. The molecule has 2 rings (SSSR count). The van der Waals surface area contributed by atoms with Crippen LogP contribution in [0.2, 0.25) is 0 Å². The van der Waals surface area contributed by atoms with Crippen molar-refractivity contribution in [3.8, 4) is 11.3 Å². The van der Waals surface area contributed by atoms with Crippen molar-refractivity contribution in [1.29, 1.82) is 0 Å². The normalized spacial score (nSPS) is 11.2. The third-order valence-corrected chi connectivity index (χ3v) is 3.51. The van der Waals surface area contributed by atoms with Gasteiger partial charge in [0, 0.05) is 18.2 Å². The van der Waals surface area contributed by atoms with Crippen molar-refractivity contribution in [3.05, 3.63) is 34.1 Å². The highest BCUT2D eigenvalue weighted by molar-refractivity contribution is 9.10. The molecule has 0 amide bonds. The van der Waals surface area contributed by atoms with Gasteiger partial charge in [0.15, 0.2) is 0 Å². The van der Waals surface area contributed by atoms with Crippen LogP contribution < -0.4 is 5.73 Å². The summed E-state index contributed by atoms with van der Waals surface area (Å²) in [6.45, 7) is 4.13. The van der Waals surface area contributed by atoms with Crippen LogP contribution in [0.5, 0.6) is 0 Å². The van der Waals surface area contributed by atoms with Gasteiger partial charge >= 0.3 is 0 Å². The number of nitrogen functional groups attached to an aromatic ring is 1. The molecule has 0 aliphatic carbocycles. The highest BCUT2D eigenvalue weighted by atomic mass is 79.9. The minimum absolute atomic E-state index is 0.262. The quantitative estimate of drug-likeness (QED) is 0.919. The first kappa shape index (κ1) is 13.1. The maximum atomic E-state index is 13.3. The molecule has 1 heterocycles. The molecular weight excluding hydrogens is 297 g/mol. The summed E-state index contributed by atoms with van der Waals surface area (Å²) >= 11 is 3.19. The lowest BCUT2D eigenvalue weighted by atomic mass is 9.99. The molecule has 18 heavy (non-hydrogen) atoms. The van der Waals surface area contributed by atoms with Gasteiger partial charge in [0.05, 0.1) is 10.2 Å². The molecule has 5 heteroatoms. The average molecular weight is 312 g/mol. The van der Waals surface area contributed by atoms with Crippen molar-refractivity contribution < 1.29 is 4.39 Å². The fourth-order valence-corrected chi connectivity index (χ4v) is 2.36. The van der Waals surface area contributed by atoms with E-state index >= 15 is 0 Å². The Balaban J connectivity index is 2.63. The van der Waals surface area contributed by atoms with Crippen LogP contribution in [0.4, 0.5) is 10.2 Å². The van der Waals surface area contributed by atoms with Gasteiger partial charge in [-0.1, -0.05) is 13.8 Å². The summed E-state index contributed by atoms with van der Waals surface area (Å²) in [7, 11) is 1.81. The Morgan fingerprint density at radius 1 is 1.39 bits per heavy atom. The standard InChI is InChI=1S/C13H15BrFN3/c1-7(2)11-12(17-18(3)13(11)16)8-4-5-10(15)9(14)6-8/h4-7H,16H2,1-3H3. The third kappa shape index (κ3) is 2.14. The fraction of sp³-hybridized carbons (Fsp3) is 0.308. The molecule has 0 unspecified atom stereocenters. The molecule has 2 aromatic rings. The van der Waals surface area contributed by atoms with Gasteiger partial charge in [-0.15, -0.1) is 0 Å². The van der Waals surface area contributed by atoms with Crippen LogP contribution >= 0.6 is 15.9 Å². The van der Waals surface area contributed by atoms with Gasteiger partial charge < -0.3 is 5.73 Å². The molecule has 0 aliphatic rings. The molecule has 0 spiro atoms. The van der Waals surface area contributed by atoms with E-state index in [9.17, 15) is 4.39 Å². The van der Waals surface area contributed by atoms with Crippen molar-refractivity contribution in [3.63, 3.8) is 0 Å². The molecule has 1 aromatic heterocycles. The Kier molecular flexibility index (Phi) is 3.43. The monoisotopic (exact) mass is 311 g/mol. The molecule has 0 bridgehead atoms. The van der Waals surface area contributed by atoms with Crippen LogP contribution in [0.3, 0.4) is 0 Å². The SMILES string of the molecule is CC(C)c1c(-c2ccc(F)c(Br)c2)nn(C)c1N. The largest absolute Gasteiger partial charge is 0.384 e. The minimum Gasteiger partial charge on any atom is -0.384 e. The van der Waals surface area contributed by atoms with Crippen LogP contribution in [0.15, 0.2) is 22.7 Å². The Bertz CT molecular complexity index is 590. The number of hydrogen-bond acceptors (Lipinski definition) is 2. The topological polar surface area (TPSA) is 43.8 Å². The van der Waals surface area contributed by atoms with Gasteiger partial charge in [-0.2, -0.15) is 5.10 Å². The second-order valence-corrected chi connectivity index (χ2v) is 5.41. The van der Waals surface area contributed by atoms with E-state index in [-0.39, 0.29) is 11.7 Å². The smallest absolute Gasteiger partial charge is 0.137 e.